The number of aromatic amines is 1. The quantitative estimate of drug-likeness (QED) is 0.445. The molecule has 0 radical (unpaired) electrons. The number of nitrogens with zero attached hydrogens (tertiary/aromatic N) is 7. The Balaban J connectivity index is 1.38. The minimum Gasteiger partial charge on any atom is -0.491 e. The van der Waals surface area contributed by atoms with Crippen molar-refractivity contribution in [3.63, 3.8) is 0 Å². The molecule has 1 unspecified atom stereocenters. The number of benzene rings is 2. The standard InChI is InChI=1S/C28H34N8O2/c1-21-10-11-26-24(17-21)19-34(2)14-12-23(22-7-4-3-5-8-22)9-6-13-35(15-16-38-26)28(37)25-18-27(31-30-25)36-20-29-32-33-36/h3-5,7-8,10-11,17-18,20,23H,6,9,12-16,19H2,1-2H3,(H,30,31). The van der Waals surface area contributed by atoms with Crippen LogP contribution in [-0.2, 0) is 6.54 Å². The van der Waals surface area contributed by atoms with Gasteiger partial charge < -0.3 is 14.5 Å². The molecular formula is C28H34N8O2. The number of aryl methyl sites for hydroxylation is 1. The largest absolute Gasteiger partial charge is 0.491 e. The minimum atomic E-state index is -0.118. The van der Waals surface area contributed by atoms with Crippen LogP contribution in [0, 0.1) is 6.92 Å². The van der Waals surface area contributed by atoms with Gasteiger partial charge in [-0.1, -0.05) is 48.0 Å². The van der Waals surface area contributed by atoms with Gasteiger partial charge in [-0.2, -0.15) is 9.78 Å². The number of fused-ring (bicyclic) bond motifs is 1. The number of carbonyl (C=O) groups is 1. The number of amides is 1. The Morgan fingerprint density at radius 1 is 1.05 bits per heavy atom. The number of aromatic nitrogens is 6. The number of H-pyrrole nitrogens is 1. The second-order valence-corrected chi connectivity index (χ2v) is 9.92. The second-order valence-electron chi connectivity index (χ2n) is 9.92. The van der Waals surface area contributed by atoms with E-state index in [-0.39, 0.29) is 5.91 Å². The normalized spacial score (nSPS) is 17.8. The molecule has 198 valence electrons. The number of nitrogens with one attached hydrogen (secondary N) is 1. The minimum absolute atomic E-state index is 0.118. The van der Waals surface area contributed by atoms with Crippen molar-refractivity contribution in [2.24, 2.45) is 0 Å². The van der Waals surface area contributed by atoms with Crippen LogP contribution >= 0.6 is 0 Å². The van der Waals surface area contributed by atoms with Gasteiger partial charge in [0.25, 0.3) is 5.91 Å². The van der Waals surface area contributed by atoms with Crippen molar-refractivity contribution < 1.29 is 9.53 Å². The second kappa shape index (κ2) is 12.0. The van der Waals surface area contributed by atoms with Crippen LogP contribution in [0.1, 0.15) is 52.4 Å². The van der Waals surface area contributed by atoms with Crippen LogP contribution in [0.4, 0.5) is 0 Å². The predicted octanol–water partition coefficient (Wildman–Crippen LogP) is 3.61. The molecule has 2 aromatic heterocycles. The van der Waals surface area contributed by atoms with Gasteiger partial charge in [-0.3, -0.25) is 9.89 Å². The fourth-order valence-corrected chi connectivity index (χ4v) is 5.01. The highest BCUT2D eigenvalue weighted by atomic mass is 16.5. The summed E-state index contributed by atoms with van der Waals surface area (Å²) in [7, 11) is 2.18. The summed E-state index contributed by atoms with van der Waals surface area (Å²) in [5.41, 5.74) is 4.12. The van der Waals surface area contributed by atoms with Gasteiger partial charge in [0, 0.05) is 24.7 Å². The van der Waals surface area contributed by atoms with Crippen molar-refractivity contribution in [3.8, 4) is 11.6 Å². The summed E-state index contributed by atoms with van der Waals surface area (Å²) in [4.78, 5) is 17.8. The molecule has 38 heavy (non-hydrogen) atoms. The molecule has 5 rings (SSSR count). The third-order valence-corrected chi connectivity index (χ3v) is 7.05. The van der Waals surface area contributed by atoms with Crippen molar-refractivity contribution in [1.82, 2.24) is 40.2 Å². The lowest BCUT2D eigenvalue weighted by molar-refractivity contribution is 0.0718. The Morgan fingerprint density at radius 3 is 2.74 bits per heavy atom. The van der Waals surface area contributed by atoms with Crippen LogP contribution in [0.5, 0.6) is 5.75 Å². The molecule has 0 saturated carbocycles. The number of hydrogen-bond donors (Lipinski definition) is 1. The Labute approximate surface area is 222 Å². The molecule has 1 N–H and O–H groups in total. The van der Waals surface area contributed by atoms with Crippen LogP contribution in [0.25, 0.3) is 5.82 Å². The predicted molar refractivity (Wildman–Crippen MR) is 143 cm³/mol. The van der Waals surface area contributed by atoms with E-state index in [1.807, 2.05) is 11.0 Å². The Kier molecular flexibility index (Phi) is 8.08. The molecule has 4 aromatic rings. The van der Waals surface area contributed by atoms with Crippen LogP contribution in [-0.4, -0.2) is 79.4 Å². The average molecular weight is 515 g/mol. The first-order chi connectivity index (χ1) is 18.6. The summed E-state index contributed by atoms with van der Waals surface area (Å²) >= 11 is 0. The number of carbonyl (C=O) groups excluding carboxylic acids is 1. The molecule has 0 saturated heterocycles. The van der Waals surface area contributed by atoms with E-state index in [0.717, 1.165) is 38.1 Å². The van der Waals surface area contributed by atoms with Crippen LogP contribution in [0.2, 0.25) is 0 Å². The van der Waals surface area contributed by atoms with Gasteiger partial charge in [-0.05, 0) is 67.8 Å². The molecule has 3 heterocycles. The lowest BCUT2D eigenvalue weighted by atomic mass is 9.91. The third-order valence-electron chi connectivity index (χ3n) is 7.05. The van der Waals surface area contributed by atoms with Crippen molar-refractivity contribution in [1.29, 1.82) is 0 Å². The molecule has 10 heteroatoms. The maximum Gasteiger partial charge on any atom is 0.272 e. The van der Waals surface area contributed by atoms with Crippen molar-refractivity contribution in [2.75, 3.05) is 33.3 Å². The lowest BCUT2D eigenvalue weighted by Crippen LogP contribution is -2.36. The zero-order chi connectivity index (χ0) is 26.3. The average Bonchev–Trinajstić information content (AvgIpc) is 3.63. The molecule has 1 aliphatic rings. The van der Waals surface area contributed by atoms with Gasteiger partial charge in [-0.15, -0.1) is 5.10 Å². The summed E-state index contributed by atoms with van der Waals surface area (Å²) in [5, 5.41) is 18.2. The molecule has 0 bridgehead atoms. The molecular weight excluding hydrogens is 480 g/mol. The fourth-order valence-electron chi connectivity index (χ4n) is 5.01. The smallest absolute Gasteiger partial charge is 0.272 e. The van der Waals surface area contributed by atoms with Crippen LogP contribution < -0.4 is 4.74 Å². The number of ether oxygens (including phenoxy) is 1. The number of tetrazole rings is 1. The zero-order valence-electron chi connectivity index (χ0n) is 22.0. The Morgan fingerprint density at radius 2 is 1.92 bits per heavy atom. The maximum absolute atomic E-state index is 13.5. The molecule has 0 fully saturated rings. The molecule has 2 aromatic carbocycles. The van der Waals surface area contributed by atoms with Gasteiger partial charge in [0.15, 0.2) is 5.82 Å². The van der Waals surface area contributed by atoms with E-state index in [1.165, 1.54) is 27.7 Å². The maximum atomic E-state index is 13.5. The highest BCUT2D eigenvalue weighted by Crippen LogP contribution is 2.27. The van der Waals surface area contributed by atoms with Gasteiger partial charge in [0.2, 0.25) is 0 Å². The highest BCUT2D eigenvalue weighted by Gasteiger charge is 2.21. The number of hydrogen-bond acceptors (Lipinski definition) is 7. The molecule has 10 nitrogen and oxygen atoms in total. The lowest BCUT2D eigenvalue weighted by Gasteiger charge is -2.27. The monoisotopic (exact) mass is 514 g/mol. The first kappa shape index (κ1) is 25.6. The Bertz CT molecular complexity index is 1320. The van der Waals surface area contributed by atoms with Crippen molar-refractivity contribution in [2.45, 2.75) is 38.6 Å². The van der Waals surface area contributed by atoms with Crippen molar-refractivity contribution >= 4 is 5.91 Å². The molecule has 0 spiro atoms. The van der Waals surface area contributed by atoms with Gasteiger partial charge in [-0.25, -0.2) is 0 Å². The molecule has 0 aliphatic carbocycles. The van der Waals surface area contributed by atoms with E-state index in [2.05, 4.69) is 87.1 Å². The summed E-state index contributed by atoms with van der Waals surface area (Å²) in [6, 6.07) is 18.7. The summed E-state index contributed by atoms with van der Waals surface area (Å²) in [5.74, 6) is 1.64. The molecule has 1 aliphatic heterocycles. The number of rotatable bonds is 3. The zero-order valence-corrected chi connectivity index (χ0v) is 22.0. The van der Waals surface area contributed by atoms with Gasteiger partial charge >= 0.3 is 0 Å². The fraction of sp³-hybridized carbons (Fsp3) is 0.393. The first-order valence-electron chi connectivity index (χ1n) is 13.1. The Hall–Kier alpha value is -4.05. The van der Waals surface area contributed by atoms with E-state index in [0.29, 0.717) is 37.1 Å². The van der Waals surface area contributed by atoms with Crippen LogP contribution in [0.3, 0.4) is 0 Å². The summed E-state index contributed by atoms with van der Waals surface area (Å²) in [6.45, 7) is 5.39. The molecule has 1 atom stereocenters. The van der Waals surface area contributed by atoms with Gasteiger partial charge in [0.1, 0.15) is 24.4 Å². The van der Waals surface area contributed by atoms with E-state index in [4.69, 9.17) is 4.74 Å². The SMILES string of the molecule is Cc1ccc2c(c1)CN(C)CCC(c1ccccc1)CCCN(C(=O)c1cc(-n3cnnn3)n[nH]1)CCO2. The first-order valence-corrected chi connectivity index (χ1v) is 13.1. The van der Waals surface area contributed by atoms with Gasteiger partial charge in [0.05, 0.1) is 6.54 Å². The topological polar surface area (TPSA) is 105 Å². The summed E-state index contributed by atoms with van der Waals surface area (Å²) in [6.07, 6.45) is 4.38. The van der Waals surface area contributed by atoms with Crippen LogP contribution in [0.15, 0.2) is 60.9 Å². The molecule has 1 amide bonds. The summed E-state index contributed by atoms with van der Waals surface area (Å²) < 4.78 is 7.65. The van der Waals surface area contributed by atoms with E-state index < -0.39 is 0 Å². The van der Waals surface area contributed by atoms with E-state index in [9.17, 15) is 4.79 Å². The third kappa shape index (κ3) is 6.25. The van der Waals surface area contributed by atoms with Crippen molar-refractivity contribution in [3.05, 3.63) is 83.3 Å². The van der Waals surface area contributed by atoms with E-state index in [1.54, 1.807) is 6.07 Å². The highest BCUT2D eigenvalue weighted by molar-refractivity contribution is 5.92. The van der Waals surface area contributed by atoms with E-state index >= 15 is 0 Å².